The van der Waals surface area contributed by atoms with Crippen molar-refractivity contribution in [2.24, 2.45) is 0 Å². The van der Waals surface area contributed by atoms with Crippen LogP contribution in [-0.4, -0.2) is 18.3 Å². The van der Waals surface area contributed by atoms with E-state index in [2.05, 4.69) is 5.32 Å². The van der Waals surface area contributed by atoms with Crippen molar-refractivity contribution < 1.29 is 27.4 Å². The van der Waals surface area contributed by atoms with Crippen LogP contribution in [0.15, 0.2) is 12.1 Å². The third kappa shape index (κ3) is 5.88. The second kappa shape index (κ2) is 6.97. The fraction of sp³-hybridized carbons (Fsp3) is 0.533. The first kappa shape index (κ1) is 18.9. The van der Waals surface area contributed by atoms with Crippen LogP contribution in [-0.2, 0) is 10.9 Å². The third-order valence-electron chi connectivity index (χ3n) is 2.55. The largest absolute Gasteiger partial charge is 0.493 e. The van der Waals surface area contributed by atoms with Gasteiger partial charge in [0.1, 0.15) is 11.4 Å². The molecule has 0 aliphatic heterocycles. The summed E-state index contributed by atoms with van der Waals surface area (Å²) in [5.41, 5.74) is 3.64. The molecule has 0 aliphatic rings. The number of alkyl halides is 3. The Labute approximate surface area is 132 Å². The SMILES string of the molecule is CCCOc1cc(NC(=O)OC(C)(C)C)c(N)cc1C(F)(F)F. The summed E-state index contributed by atoms with van der Waals surface area (Å²) in [4.78, 5) is 11.7. The number of nitrogens with two attached hydrogens (primary N) is 1. The quantitative estimate of drug-likeness (QED) is 0.799. The minimum atomic E-state index is -4.61. The highest BCUT2D eigenvalue weighted by atomic mass is 19.4. The Balaban J connectivity index is 3.12. The molecule has 1 aromatic carbocycles. The van der Waals surface area contributed by atoms with E-state index in [0.717, 1.165) is 12.1 Å². The number of nitrogen functional groups attached to an aromatic ring is 1. The summed E-state index contributed by atoms with van der Waals surface area (Å²) in [5, 5.41) is 2.33. The van der Waals surface area contributed by atoms with E-state index in [0.29, 0.717) is 6.42 Å². The summed E-state index contributed by atoms with van der Waals surface area (Å²) in [6.07, 6.45) is -4.89. The Morgan fingerprint density at radius 3 is 2.35 bits per heavy atom. The van der Waals surface area contributed by atoms with Gasteiger partial charge >= 0.3 is 12.3 Å². The van der Waals surface area contributed by atoms with Gasteiger partial charge in [-0.05, 0) is 33.3 Å². The van der Waals surface area contributed by atoms with Crippen LogP contribution >= 0.6 is 0 Å². The number of carbonyl (C=O) groups is 1. The summed E-state index contributed by atoms with van der Waals surface area (Å²) in [6.45, 7) is 6.87. The molecule has 0 saturated carbocycles. The Morgan fingerprint density at radius 2 is 1.87 bits per heavy atom. The predicted octanol–water partition coefficient (Wildman–Crippen LogP) is 4.42. The zero-order chi connectivity index (χ0) is 17.8. The molecular formula is C15H21F3N2O3. The van der Waals surface area contributed by atoms with Crippen molar-refractivity contribution in [2.75, 3.05) is 17.7 Å². The highest BCUT2D eigenvalue weighted by Gasteiger charge is 2.35. The van der Waals surface area contributed by atoms with E-state index in [1.54, 1.807) is 27.7 Å². The van der Waals surface area contributed by atoms with Crippen LogP contribution < -0.4 is 15.8 Å². The van der Waals surface area contributed by atoms with Crippen molar-refractivity contribution in [1.82, 2.24) is 0 Å². The molecule has 23 heavy (non-hydrogen) atoms. The Bertz CT molecular complexity index is 566. The molecule has 1 aromatic rings. The van der Waals surface area contributed by atoms with E-state index in [1.807, 2.05) is 0 Å². The number of ether oxygens (including phenoxy) is 2. The number of rotatable bonds is 4. The number of halogens is 3. The van der Waals surface area contributed by atoms with Gasteiger partial charge in [0.25, 0.3) is 0 Å². The molecule has 5 nitrogen and oxygen atoms in total. The Morgan fingerprint density at radius 1 is 1.26 bits per heavy atom. The van der Waals surface area contributed by atoms with E-state index in [1.165, 1.54) is 0 Å². The predicted molar refractivity (Wildman–Crippen MR) is 81.5 cm³/mol. The second-order valence-electron chi connectivity index (χ2n) is 5.91. The molecule has 1 amide bonds. The van der Waals surface area contributed by atoms with Gasteiger partial charge in [0.2, 0.25) is 0 Å². The van der Waals surface area contributed by atoms with Gasteiger partial charge in [-0.1, -0.05) is 6.92 Å². The van der Waals surface area contributed by atoms with Crippen molar-refractivity contribution >= 4 is 17.5 Å². The fourth-order valence-electron chi connectivity index (χ4n) is 1.67. The van der Waals surface area contributed by atoms with E-state index < -0.39 is 23.4 Å². The van der Waals surface area contributed by atoms with Crippen LogP contribution in [0.3, 0.4) is 0 Å². The van der Waals surface area contributed by atoms with E-state index in [-0.39, 0.29) is 23.7 Å². The fourth-order valence-corrected chi connectivity index (χ4v) is 1.67. The average molecular weight is 334 g/mol. The molecule has 0 atom stereocenters. The van der Waals surface area contributed by atoms with Crippen LogP contribution in [0.5, 0.6) is 5.75 Å². The van der Waals surface area contributed by atoms with Gasteiger partial charge in [0.15, 0.2) is 0 Å². The van der Waals surface area contributed by atoms with Crippen LogP contribution in [0.2, 0.25) is 0 Å². The van der Waals surface area contributed by atoms with Gasteiger partial charge in [-0.25, -0.2) is 4.79 Å². The molecule has 0 fully saturated rings. The lowest BCUT2D eigenvalue weighted by atomic mass is 10.1. The van der Waals surface area contributed by atoms with Crippen LogP contribution in [0.1, 0.15) is 39.7 Å². The highest BCUT2D eigenvalue weighted by molar-refractivity contribution is 5.90. The summed E-state index contributed by atoms with van der Waals surface area (Å²) < 4.78 is 49.2. The second-order valence-corrected chi connectivity index (χ2v) is 5.91. The zero-order valence-corrected chi connectivity index (χ0v) is 13.5. The monoisotopic (exact) mass is 334 g/mol. The number of benzene rings is 1. The Hall–Kier alpha value is -2.12. The molecule has 0 heterocycles. The molecule has 3 N–H and O–H groups in total. The zero-order valence-electron chi connectivity index (χ0n) is 13.5. The molecule has 0 aliphatic carbocycles. The minimum absolute atomic E-state index is 0.00152. The molecule has 0 spiro atoms. The maximum Gasteiger partial charge on any atom is 0.420 e. The summed E-state index contributed by atoms with van der Waals surface area (Å²) in [6, 6.07) is 1.79. The number of anilines is 2. The molecule has 0 aromatic heterocycles. The van der Waals surface area contributed by atoms with E-state index in [9.17, 15) is 18.0 Å². The lowest BCUT2D eigenvalue weighted by Crippen LogP contribution is -2.27. The molecule has 0 saturated heterocycles. The van der Waals surface area contributed by atoms with Crippen LogP contribution in [0.25, 0.3) is 0 Å². The number of hydrogen-bond donors (Lipinski definition) is 2. The molecule has 0 radical (unpaired) electrons. The topological polar surface area (TPSA) is 73.6 Å². The number of amides is 1. The maximum absolute atomic E-state index is 13.0. The molecule has 0 unspecified atom stereocenters. The lowest BCUT2D eigenvalue weighted by molar-refractivity contribution is -0.138. The van der Waals surface area contributed by atoms with Gasteiger partial charge in [-0.15, -0.1) is 0 Å². The highest BCUT2D eigenvalue weighted by Crippen LogP contribution is 2.40. The first-order valence-corrected chi connectivity index (χ1v) is 7.07. The van der Waals surface area contributed by atoms with Gasteiger partial charge in [-0.2, -0.15) is 13.2 Å². The Kier molecular flexibility index (Phi) is 5.74. The molecule has 1 rings (SSSR count). The van der Waals surface area contributed by atoms with E-state index in [4.69, 9.17) is 15.2 Å². The van der Waals surface area contributed by atoms with Gasteiger partial charge in [0, 0.05) is 6.07 Å². The summed E-state index contributed by atoms with van der Waals surface area (Å²) >= 11 is 0. The molecular weight excluding hydrogens is 313 g/mol. The van der Waals surface area contributed by atoms with Crippen LogP contribution in [0, 0.1) is 0 Å². The molecule has 130 valence electrons. The van der Waals surface area contributed by atoms with Gasteiger partial charge < -0.3 is 15.2 Å². The third-order valence-corrected chi connectivity index (χ3v) is 2.55. The van der Waals surface area contributed by atoms with Crippen molar-refractivity contribution in [1.29, 1.82) is 0 Å². The van der Waals surface area contributed by atoms with Crippen molar-refractivity contribution in [3.05, 3.63) is 17.7 Å². The molecule has 8 heteroatoms. The smallest absolute Gasteiger partial charge is 0.420 e. The van der Waals surface area contributed by atoms with E-state index >= 15 is 0 Å². The normalized spacial score (nSPS) is 12.0. The number of carbonyl (C=O) groups excluding carboxylic acids is 1. The van der Waals surface area contributed by atoms with Crippen molar-refractivity contribution in [2.45, 2.75) is 45.9 Å². The summed E-state index contributed by atoms with van der Waals surface area (Å²) in [7, 11) is 0. The molecule has 0 bridgehead atoms. The minimum Gasteiger partial charge on any atom is -0.493 e. The van der Waals surface area contributed by atoms with Gasteiger partial charge in [-0.3, -0.25) is 5.32 Å². The van der Waals surface area contributed by atoms with Crippen LogP contribution in [0.4, 0.5) is 29.3 Å². The standard InChI is InChI=1S/C15H21F3N2O3/c1-5-6-22-12-8-11(20-13(21)23-14(2,3)4)10(19)7-9(12)15(16,17)18/h7-8H,5-6,19H2,1-4H3,(H,20,21). The number of hydrogen-bond acceptors (Lipinski definition) is 4. The average Bonchev–Trinajstić information content (AvgIpc) is 2.35. The maximum atomic E-state index is 13.0. The number of nitrogens with one attached hydrogen (secondary N) is 1. The lowest BCUT2D eigenvalue weighted by Gasteiger charge is -2.21. The first-order chi connectivity index (χ1) is 10.4. The summed E-state index contributed by atoms with van der Waals surface area (Å²) in [5.74, 6) is -0.389. The van der Waals surface area contributed by atoms with Gasteiger partial charge in [0.05, 0.1) is 23.5 Å². The van der Waals surface area contributed by atoms with Crippen molar-refractivity contribution in [3.63, 3.8) is 0 Å². The van der Waals surface area contributed by atoms with Crippen molar-refractivity contribution in [3.8, 4) is 5.75 Å². The first-order valence-electron chi connectivity index (χ1n) is 7.07.